The lowest BCUT2D eigenvalue weighted by Crippen LogP contribution is -2.36. The molecule has 0 radical (unpaired) electrons. The van der Waals surface area contributed by atoms with E-state index < -0.39 is 5.97 Å². The van der Waals surface area contributed by atoms with Crippen LogP contribution in [0.4, 0.5) is 5.69 Å². The lowest BCUT2D eigenvalue weighted by atomic mass is 10.0. The monoisotopic (exact) mass is 511 g/mol. The highest BCUT2D eigenvalue weighted by atomic mass is 35.5. The van der Waals surface area contributed by atoms with Crippen molar-refractivity contribution >= 4 is 23.3 Å². The molecule has 0 amide bonds. The fourth-order valence-corrected chi connectivity index (χ4v) is 5.17. The van der Waals surface area contributed by atoms with Gasteiger partial charge in [0.2, 0.25) is 0 Å². The molecule has 4 heterocycles. The fraction of sp³-hybridized carbons (Fsp3) is 0.462. The highest BCUT2D eigenvalue weighted by molar-refractivity contribution is 6.33. The number of fused-ring (bicyclic) bond motifs is 1. The number of rotatable bonds is 6. The van der Waals surface area contributed by atoms with E-state index in [2.05, 4.69) is 29.3 Å². The first kappa shape index (κ1) is 24.5. The molecule has 0 saturated carbocycles. The van der Waals surface area contributed by atoms with Gasteiger partial charge in [-0.25, -0.2) is 4.79 Å². The topological polar surface area (TPSA) is 91.5 Å². The van der Waals surface area contributed by atoms with Crippen molar-refractivity contribution in [3.63, 3.8) is 0 Å². The van der Waals surface area contributed by atoms with E-state index in [1.165, 1.54) is 4.68 Å². The number of ether oxygens (including phenoxy) is 2. The first-order valence-corrected chi connectivity index (χ1v) is 12.8. The number of esters is 1. The number of nitrogens with zero attached hydrogens (tertiary/aromatic N) is 5. The van der Waals surface area contributed by atoms with Crippen LogP contribution >= 0.6 is 11.6 Å². The number of hydrogen-bond acceptors (Lipinski definition) is 7. The molecule has 1 aromatic carbocycles. The molecular weight excluding hydrogens is 482 g/mol. The van der Waals surface area contributed by atoms with E-state index in [0.29, 0.717) is 44.0 Å². The van der Waals surface area contributed by atoms with Gasteiger partial charge in [-0.15, -0.1) is 0 Å². The molecule has 2 aliphatic rings. The van der Waals surface area contributed by atoms with Crippen LogP contribution in [0.2, 0.25) is 5.02 Å². The summed E-state index contributed by atoms with van der Waals surface area (Å²) in [6.45, 7) is 6.26. The first-order chi connectivity index (χ1) is 17.5. The molecule has 0 aliphatic carbocycles. The summed E-state index contributed by atoms with van der Waals surface area (Å²) in [5.74, 6) is -0.451. The highest BCUT2D eigenvalue weighted by Crippen LogP contribution is 2.31. The van der Waals surface area contributed by atoms with Gasteiger partial charge in [-0.1, -0.05) is 35.9 Å². The standard InChI is InChI=1S/C26H30ClN5O4/c1-3-35-26(34)24-19-16-30(12-11-20(19)31(29-24)15-18-9-5-4-8-17(18)2)21-14-28-32(25(33)23(21)27)22-10-6-7-13-36-22/h4-5,8-9,14,22H,3,6-7,10-13,15-16H2,1-2H3. The summed E-state index contributed by atoms with van der Waals surface area (Å²) in [4.78, 5) is 27.8. The van der Waals surface area contributed by atoms with Crippen LogP contribution in [0.1, 0.15) is 65.3 Å². The zero-order valence-electron chi connectivity index (χ0n) is 20.6. The molecule has 2 aliphatic heterocycles. The Morgan fingerprint density at radius 2 is 2.11 bits per heavy atom. The Kier molecular flexibility index (Phi) is 7.11. The van der Waals surface area contributed by atoms with Crippen molar-refractivity contribution in [2.75, 3.05) is 24.7 Å². The van der Waals surface area contributed by atoms with E-state index in [9.17, 15) is 9.59 Å². The van der Waals surface area contributed by atoms with Gasteiger partial charge in [0, 0.05) is 37.4 Å². The van der Waals surface area contributed by atoms with Crippen molar-refractivity contribution in [3.05, 3.63) is 73.9 Å². The molecule has 1 unspecified atom stereocenters. The van der Waals surface area contributed by atoms with Crippen LogP contribution in [-0.4, -0.2) is 45.3 Å². The van der Waals surface area contributed by atoms with E-state index in [1.807, 2.05) is 21.7 Å². The molecule has 0 spiro atoms. The van der Waals surface area contributed by atoms with E-state index >= 15 is 0 Å². The van der Waals surface area contributed by atoms with Crippen LogP contribution in [0, 0.1) is 6.92 Å². The molecule has 9 nitrogen and oxygen atoms in total. The summed E-state index contributed by atoms with van der Waals surface area (Å²) in [5, 5.41) is 9.17. The summed E-state index contributed by atoms with van der Waals surface area (Å²) in [6, 6.07) is 8.14. The molecular formula is C26H30ClN5O4. The van der Waals surface area contributed by atoms with Crippen molar-refractivity contribution in [3.8, 4) is 0 Å². The summed E-state index contributed by atoms with van der Waals surface area (Å²) in [7, 11) is 0. The minimum atomic E-state index is -0.451. The number of halogens is 1. The summed E-state index contributed by atoms with van der Waals surface area (Å²) < 4.78 is 14.3. The van der Waals surface area contributed by atoms with Crippen LogP contribution < -0.4 is 10.5 Å². The molecule has 1 fully saturated rings. The molecule has 3 aromatic rings. The van der Waals surface area contributed by atoms with Gasteiger partial charge in [0.25, 0.3) is 5.56 Å². The smallest absolute Gasteiger partial charge is 0.359 e. The SMILES string of the molecule is CCOC(=O)c1nn(Cc2ccccc2C)c2c1CN(c1cnn(C3CCCCO3)c(=O)c1Cl)CC2. The van der Waals surface area contributed by atoms with E-state index in [1.54, 1.807) is 13.1 Å². The van der Waals surface area contributed by atoms with Crippen molar-refractivity contribution < 1.29 is 14.3 Å². The van der Waals surface area contributed by atoms with Gasteiger partial charge >= 0.3 is 5.97 Å². The molecule has 10 heteroatoms. The third-order valence-electron chi connectivity index (χ3n) is 6.88. The molecule has 1 saturated heterocycles. The Balaban J connectivity index is 1.47. The Bertz CT molecular complexity index is 1330. The quantitative estimate of drug-likeness (QED) is 0.464. The molecule has 5 rings (SSSR count). The number of hydrogen-bond donors (Lipinski definition) is 0. The first-order valence-electron chi connectivity index (χ1n) is 12.4. The Morgan fingerprint density at radius 3 is 2.86 bits per heavy atom. The van der Waals surface area contributed by atoms with Gasteiger partial charge in [0.15, 0.2) is 11.9 Å². The lowest BCUT2D eigenvalue weighted by molar-refractivity contribution is -0.0424. The maximum atomic E-state index is 13.0. The second kappa shape index (κ2) is 10.4. The second-order valence-electron chi connectivity index (χ2n) is 9.16. The van der Waals surface area contributed by atoms with Gasteiger partial charge in [0.1, 0.15) is 5.02 Å². The minimum Gasteiger partial charge on any atom is -0.461 e. The van der Waals surface area contributed by atoms with Gasteiger partial charge in [-0.3, -0.25) is 9.48 Å². The average Bonchev–Trinajstić information content (AvgIpc) is 3.25. The fourth-order valence-electron chi connectivity index (χ4n) is 4.92. The maximum Gasteiger partial charge on any atom is 0.359 e. The summed E-state index contributed by atoms with van der Waals surface area (Å²) in [6.07, 6.45) is 4.57. The van der Waals surface area contributed by atoms with E-state index in [-0.39, 0.29) is 23.4 Å². The number of anilines is 1. The molecule has 0 bridgehead atoms. The van der Waals surface area contributed by atoms with Crippen LogP contribution in [0.15, 0.2) is 35.3 Å². The van der Waals surface area contributed by atoms with Crippen LogP contribution in [0.25, 0.3) is 0 Å². The van der Waals surface area contributed by atoms with Gasteiger partial charge in [-0.05, 0) is 44.2 Å². The number of carbonyl (C=O) groups is 1. The summed E-state index contributed by atoms with van der Waals surface area (Å²) >= 11 is 6.58. The Labute approximate surface area is 214 Å². The minimum absolute atomic E-state index is 0.104. The Morgan fingerprint density at radius 1 is 1.28 bits per heavy atom. The molecule has 2 aromatic heterocycles. The third-order valence-corrected chi connectivity index (χ3v) is 7.23. The van der Waals surface area contributed by atoms with Crippen molar-refractivity contribution in [1.29, 1.82) is 0 Å². The largest absolute Gasteiger partial charge is 0.461 e. The average molecular weight is 512 g/mol. The molecule has 1 atom stereocenters. The normalized spacial score (nSPS) is 17.6. The summed E-state index contributed by atoms with van der Waals surface area (Å²) in [5.41, 5.74) is 4.57. The van der Waals surface area contributed by atoms with E-state index in [4.69, 9.17) is 21.1 Å². The van der Waals surface area contributed by atoms with Gasteiger partial charge in [-0.2, -0.15) is 14.9 Å². The number of benzene rings is 1. The van der Waals surface area contributed by atoms with Crippen molar-refractivity contribution in [1.82, 2.24) is 19.6 Å². The van der Waals surface area contributed by atoms with E-state index in [0.717, 1.165) is 41.6 Å². The Hall–Kier alpha value is -3.17. The van der Waals surface area contributed by atoms with Crippen LogP contribution in [0.5, 0.6) is 0 Å². The predicted molar refractivity (Wildman–Crippen MR) is 136 cm³/mol. The van der Waals surface area contributed by atoms with Crippen LogP contribution in [-0.2, 0) is 29.0 Å². The maximum absolute atomic E-state index is 13.0. The van der Waals surface area contributed by atoms with Gasteiger partial charge < -0.3 is 14.4 Å². The van der Waals surface area contributed by atoms with Crippen molar-refractivity contribution in [2.24, 2.45) is 0 Å². The number of aromatic nitrogens is 4. The predicted octanol–water partition coefficient (Wildman–Crippen LogP) is 3.89. The zero-order chi connectivity index (χ0) is 25.2. The molecule has 0 N–H and O–H groups in total. The molecule has 190 valence electrons. The third kappa shape index (κ3) is 4.65. The number of aryl methyl sites for hydroxylation is 1. The van der Waals surface area contributed by atoms with Crippen molar-refractivity contribution in [2.45, 2.75) is 58.8 Å². The van der Waals surface area contributed by atoms with Crippen LogP contribution in [0.3, 0.4) is 0 Å². The lowest BCUT2D eigenvalue weighted by Gasteiger charge is -2.30. The second-order valence-corrected chi connectivity index (χ2v) is 9.54. The molecule has 36 heavy (non-hydrogen) atoms. The highest BCUT2D eigenvalue weighted by Gasteiger charge is 2.31. The number of carbonyl (C=O) groups excluding carboxylic acids is 1. The zero-order valence-corrected chi connectivity index (χ0v) is 21.3. The van der Waals surface area contributed by atoms with Gasteiger partial charge in [0.05, 0.1) is 25.0 Å².